The fourth-order valence-corrected chi connectivity index (χ4v) is 3.90. The molecule has 1 aromatic rings. The molecule has 0 aromatic heterocycles. The van der Waals surface area contributed by atoms with E-state index in [9.17, 15) is 9.59 Å². The van der Waals surface area contributed by atoms with E-state index in [0.29, 0.717) is 42.1 Å². The highest BCUT2D eigenvalue weighted by molar-refractivity contribution is 8.26. The molecule has 1 aromatic carbocycles. The molecular weight excluding hydrogens is 386 g/mol. The molecule has 2 aliphatic heterocycles. The maximum Gasteiger partial charge on any atom is 0.266 e. The predicted molar refractivity (Wildman–Crippen MR) is 108 cm³/mol. The Hall–Kier alpha value is -1.94. The summed E-state index contributed by atoms with van der Waals surface area (Å²) in [5, 5.41) is 1.79. The number of hydrogen-bond acceptors (Lipinski definition) is 7. The molecule has 1 N–H and O–H groups in total. The van der Waals surface area contributed by atoms with Gasteiger partial charge in [-0.05, 0) is 30.7 Å². The second-order valence-electron chi connectivity index (χ2n) is 5.90. The number of nitrogens with one attached hydrogen (secondary N) is 1. The van der Waals surface area contributed by atoms with Gasteiger partial charge in [0.25, 0.3) is 11.8 Å². The number of morpholine rings is 1. The summed E-state index contributed by atoms with van der Waals surface area (Å²) in [6.07, 6.45) is 1.77. The van der Waals surface area contributed by atoms with Crippen LogP contribution in [0.5, 0.6) is 5.75 Å². The van der Waals surface area contributed by atoms with Crippen LogP contribution in [0.3, 0.4) is 0 Å². The van der Waals surface area contributed by atoms with E-state index >= 15 is 0 Å². The van der Waals surface area contributed by atoms with Gasteiger partial charge in [0.2, 0.25) is 0 Å². The Morgan fingerprint density at radius 1 is 1.33 bits per heavy atom. The number of nitrogens with zero attached hydrogens (tertiary/aromatic N) is 2. The van der Waals surface area contributed by atoms with Crippen LogP contribution in [0, 0.1) is 0 Å². The lowest BCUT2D eigenvalue weighted by Crippen LogP contribution is -2.51. The normalized spacial score (nSPS) is 19.6. The summed E-state index contributed by atoms with van der Waals surface area (Å²) in [5.74, 6) is 0.258. The Balaban J connectivity index is 1.61. The first-order chi connectivity index (χ1) is 13.1. The lowest BCUT2D eigenvalue weighted by atomic mass is 10.2. The molecule has 144 valence electrons. The van der Waals surface area contributed by atoms with Crippen LogP contribution in [0.2, 0.25) is 0 Å². The Labute approximate surface area is 167 Å². The molecule has 0 radical (unpaired) electrons. The van der Waals surface area contributed by atoms with Gasteiger partial charge in [-0.2, -0.15) is 0 Å². The smallest absolute Gasteiger partial charge is 0.266 e. The number of amides is 2. The number of carbonyl (C=O) groups is 2. The van der Waals surface area contributed by atoms with Crippen LogP contribution >= 0.6 is 24.0 Å². The van der Waals surface area contributed by atoms with E-state index in [4.69, 9.17) is 21.7 Å². The summed E-state index contributed by atoms with van der Waals surface area (Å²) in [6.45, 7) is 4.84. The van der Waals surface area contributed by atoms with Gasteiger partial charge in [0.05, 0.1) is 24.7 Å². The van der Waals surface area contributed by atoms with Gasteiger partial charge in [-0.25, -0.2) is 5.01 Å². The van der Waals surface area contributed by atoms with Crippen molar-refractivity contribution in [3.05, 3.63) is 34.7 Å². The van der Waals surface area contributed by atoms with Crippen molar-refractivity contribution in [1.29, 1.82) is 0 Å². The van der Waals surface area contributed by atoms with E-state index in [1.54, 1.807) is 11.1 Å². The van der Waals surface area contributed by atoms with Crippen molar-refractivity contribution in [2.45, 2.75) is 6.92 Å². The number of carbonyl (C=O) groups excluding carboxylic acids is 2. The zero-order valence-corrected chi connectivity index (χ0v) is 16.6. The molecule has 0 saturated carbocycles. The minimum atomic E-state index is -0.268. The molecule has 0 unspecified atom stereocenters. The molecule has 2 fully saturated rings. The third kappa shape index (κ3) is 5.29. The van der Waals surface area contributed by atoms with Crippen molar-refractivity contribution < 1.29 is 19.1 Å². The molecule has 7 nitrogen and oxygen atoms in total. The van der Waals surface area contributed by atoms with E-state index in [2.05, 4.69) is 5.43 Å². The standard InChI is InChI=1S/C18H21N3O4S2/c1-2-25-14-5-3-13(4-6-14)11-15-17(23)21(18(26)27-15)12-16(22)19-20-7-9-24-10-8-20/h3-6,11H,2,7-10,12H2,1H3,(H,19,22)/b15-11+. The Bertz CT molecular complexity index is 745. The highest BCUT2D eigenvalue weighted by Crippen LogP contribution is 2.32. The third-order valence-electron chi connectivity index (χ3n) is 3.96. The first-order valence-corrected chi connectivity index (χ1v) is 9.89. The van der Waals surface area contributed by atoms with Crippen molar-refractivity contribution in [2.75, 3.05) is 39.5 Å². The van der Waals surface area contributed by atoms with Crippen LogP contribution in [0.4, 0.5) is 0 Å². The van der Waals surface area contributed by atoms with E-state index in [1.165, 1.54) is 16.7 Å². The molecule has 0 atom stereocenters. The number of hydrazine groups is 1. The summed E-state index contributed by atoms with van der Waals surface area (Å²) in [5.41, 5.74) is 3.66. The fourth-order valence-electron chi connectivity index (χ4n) is 2.65. The molecule has 0 spiro atoms. The minimum Gasteiger partial charge on any atom is -0.494 e. The molecule has 2 amide bonds. The highest BCUT2D eigenvalue weighted by atomic mass is 32.2. The second kappa shape index (κ2) is 9.32. The summed E-state index contributed by atoms with van der Waals surface area (Å²) in [4.78, 5) is 26.7. The van der Waals surface area contributed by atoms with Crippen molar-refractivity contribution in [2.24, 2.45) is 0 Å². The minimum absolute atomic E-state index is 0.0946. The van der Waals surface area contributed by atoms with Crippen molar-refractivity contribution in [1.82, 2.24) is 15.3 Å². The van der Waals surface area contributed by atoms with Gasteiger partial charge in [0.15, 0.2) is 0 Å². The van der Waals surface area contributed by atoms with E-state index in [-0.39, 0.29) is 18.4 Å². The van der Waals surface area contributed by atoms with Crippen molar-refractivity contribution >= 4 is 46.2 Å². The zero-order valence-electron chi connectivity index (χ0n) is 15.0. The first kappa shape index (κ1) is 19.8. The van der Waals surface area contributed by atoms with Gasteiger partial charge in [-0.1, -0.05) is 36.1 Å². The Kier molecular flexibility index (Phi) is 6.84. The summed E-state index contributed by atoms with van der Waals surface area (Å²) >= 11 is 6.49. The lowest BCUT2D eigenvalue weighted by Gasteiger charge is -2.27. The molecule has 27 heavy (non-hydrogen) atoms. The van der Waals surface area contributed by atoms with Crippen LogP contribution in [0.15, 0.2) is 29.2 Å². The number of benzene rings is 1. The van der Waals surface area contributed by atoms with Gasteiger partial charge in [0, 0.05) is 13.1 Å². The summed E-state index contributed by atoms with van der Waals surface area (Å²) < 4.78 is 11.0. The van der Waals surface area contributed by atoms with Crippen molar-refractivity contribution in [3.8, 4) is 5.75 Å². The fraction of sp³-hybridized carbons (Fsp3) is 0.389. The zero-order chi connectivity index (χ0) is 19.2. The lowest BCUT2D eigenvalue weighted by molar-refractivity contribution is -0.132. The Morgan fingerprint density at radius 2 is 2.04 bits per heavy atom. The van der Waals surface area contributed by atoms with Gasteiger partial charge in [-0.3, -0.25) is 19.9 Å². The number of ether oxygens (including phenoxy) is 2. The molecule has 0 bridgehead atoms. The molecule has 9 heteroatoms. The van der Waals surface area contributed by atoms with E-state index in [1.807, 2.05) is 31.2 Å². The van der Waals surface area contributed by atoms with Crippen LogP contribution in [-0.4, -0.2) is 65.5 Å². The maximum atomic E-state index is 12.6. The maximum absolute atomic E-state index is 12.6. The number of thiocarbonyl (C=S) groups is 1. The van der Waals surface area contributed by atoms with E-state index in [0.717, 1.165) is 11.3 Å². The highest BCUT2D eigenvalue weighted by Gasteiger charge is 2.33. The summed E-state index contributed by atoms with van der Waals surface area (Å²) in [7, 11) is 0. The molecule has 0 aliphatic carbocycles. The first-order valence-electron chi connectivity index (χ1n) is 8.67. The SMILES string of the molecule is CCOc1ccc(/C=C2/SC(=S)N(CC(=O)NN3CCOCC3)C2=O)cc1. The third-order valence-corrected chi connectivity index (χ3v) is 5.34. The average molecular weight is 408 g/mol. The number of hydrogen-bond donors (Lipinski definition) is 1. The second-order valence-corrected chi connectivity index (χ2v) is 7.58. The monoisotopic (exact) mass is 407 g/mol. The topological polar surface area (TPSA) is 71.1 Å². The number of rotatable bonds is 6. The van der Waals surface area contributed by atoms with Gasteiger partial charge < -0.3 is 9.47 Å². The molecule has 3 rings (SSSR count). The van der Waals surface area contributed by atoms with Crippen LogP contribution in [0.1, 0.15) is 12.5 Å². The molecule has 2 aliphatic rings. The van der Waals surface area contributed by atoms with E-state index < -0.39 is 0 Å². The van der Waals surface area contributed by atoms with Gasteiger partial charge >= 0.3 is 0 Å². The van der Waals surface area contributed by atoms with Crippen LogP contribution in [0.25, 0.3) is 6.08 Å². The summed E-state index contributed by atoms with van der Waals surface area (Å²) in [6, 6.07) is 7.46. The quantitative estimate of drug-likeness (QED) is 0.568. The van der Waals surface area contributed by atoms with Crippen LogP contribution < -0.4 is 10.2 Å². The molecule has 2 heterocycles. The molecule has 2 saturated heterocycles. The van der Waals surface area contributed by atoms with Crippen LogP contribution in [-0.2, 0) is 14.3 Å². The largest absolute Gasteiger partial charge is 0.494 e. The molecular formula is C18H21N3O4S2. The Morgan fingerprint density at radius 3 is 2.70 bits per heavy atom. The van der Waals surface area contributed by atoms with Gasteiger partial charge in [-0.15, -0.1) is 0 Å². The van der Waals surface area contributed by atoms with Crippen molar-refractivity contribution in [3.63, 3.8) is 0 Å². The van der Waals surface area contributed by atoms with Gasteiger partial charge in [0.1, 0.15) is 16.6 Å². The predicted octanol–water partition coefficient (Wildman–Crippen LogP) is 1.65. The average Bonchev–Trinajstić information content (AvgIpc) is 2.92. The number of thioether (sulfide) groups is 1.